The minimum absolute atomic E-state index is 0.135. The highest BCUT2D eigenvalue weighted by Gasteiger charge is 2.10. The van der Waals surface area contributed by atoms with Gasteiger partial charge in [-0.3, -0.25) is 10.1 Å². The van der Waals surface area contributed by atoms with Crippen molar-refractivity contribution in [1.29, 1.82) is 0 Å². The monoisotopic (exact) mass is 474 g/mol. The number of nitrogens with one attached hydrogen (secondary N) is 3. The van der Waals surface area contributed by atoms with Crippen LogP contribution in [0.15, 0.2) is 67.1 Å². The molecule has 0 saturated heterocycles. The number of rotatable bonds is 9. The van der Waals surface area contributed by atoms with Crippen LogP contribution in [0.25, 0.3) is 10.8 Å². The molecule has 0 unspecified atom stereocenters. The Morgan fingerprint density at radius 3 is 2.51 bits per heavy atom. The van der Waals surface area contributed by atoms with Crippen molar-refractivity contribution in [2.24, 2.45) is 0 Å². The third-order valence-electron chi connectivity index (χ3n) is 4.88. The zero-order valence-corrected chi connectivity index (χ0v) is 18.4. The Morgan fingerprint density at radius 1 is 0.943 bits per heavy atom. The van der Waals surface area contributed by atoms with Crippen LogP contribution >= 0.6 is 0 Å². The van der Waals surface area contributed by atoms with Crippen molar-refractivity contribution in [3.63, 3.8) is 0 Å². The molecular weight excluding hydrogens is 452 g/mol. The molecular formula is C24H22N6O5. The first-order valence-corrected chi connectivity index (χ1v) is 10.6. The number of ether oxygens (including phenoxy) is 1. The zero-order chi connectivity index (χ0) is 24.6. The molecule has 4 aromatic rings. The van der Waals surface area contributed by atoms with E-state index in [1.807, 2.05) is 30.3 Å². The van der Waals surface area contributed by atoms with Crippen molar-refractivity contribution in [1.82, 2.24) is 20.3 Å². The van der Waals surface area contributed by atoms with E-state index in [1.165, 1.54) is 12.4 Å². The van der Waals surface area contributed by atoms with Crippen LogP contribution in [0, 0.1) is 0 Å². The van der Waals surface area contributed by atoms with E-state index < -0.39 is 12.0 Å². The summed E-state index contributed by atoms with van der Waals surface area (Å²) in [5.74, 6) is 1.11. The lowest BCUT2D eigenvalue weighted by Crippen LogP contribution is -2.27. The predicted molar refractivity (Wildman–Crippen MR) is 129 cm³/mol. The van der Waals surface area contributed by atoms with Crippen molar-refractivity contribution in [2.75, 3.05) is 23.8 Å². The first kappa shape index (κ1) is 23.4. The van der Waals surface area contributed by atoms with Gasteiger partial charge in [0, 0.05) is 23.5 Å². The fourth-order valence-electron chi connectivity index (χ4n) is 3.32. The summed E-state index contributed by atoms with van der Waals surface area (Å²) in [4.78, 5) is 35.4. The normalized spacial score (nSPS) is 10.5. The summed E-state index contributed by atoms with van der Waals surface area (Å²) in [6, 6.07) is 14.4. The Hall–Kier alpha value is -4.77. The molecule has 0 radical (unpaired) electrons. The van der Waals surface area contributed by atoms with Crippen LogP contribution < -0.4 is 20.7 Å². The van der Waals surface area contributed by atoms with Gasteiger partial charge >= 0.3 is 6.09 Å². The Morgan fingerprint density at radius 2 is 1.77 bits per heavy atom. The molecule has 0 aliphatic heterocycles. The number of hydrogen-bond acceptors (Lipinski definition) is 8. The molecule has 0 fully saturated rings. The van der Waals surface area contributed by atoms with Gasteiger partial charge in [0.05, 0.1) is 24.7 Å². The first-order chi connectivity index (χ1) is 17.0. The summed E-state index contributed by atoms with van der Waals surface area (Å²) in [6.07, 6.45) is 3.24. The van der Waals surface area contributed by atoms with Crippen LogP contribution in [-0.2, 0) is 6.61 Å². The summed E-state index contributed by atoms with van der Waals surface area (Å²) < 4.78 is 6.02. The highest BCUT2D eigenvalue weighted by Crippen LogP contribution is 2.32. The van der Waals surface area contributed by atoms with Gasteiger partial charge in [0.2, 0.25) is 0 Å². The molecule has 35 heavy (non-hydrogen) atoms. The zero-order valence-electron chi connectivity index (χ0n) is 18.4. The van der Waals surface area contributed by atoms with Gasteiger partial charge in [0.1, 0.15) is 29.7 Å². The van der Waals surface area contributed by atoms with Gasteiger partial charge in [-0.2, -0.15) is 0 Å². The number of aromatic nitrogens is 3. The molecule has 0 aliphatic carbocycles. The third kappa shape index (κ3) is 5.97. The number of carboxylic acid groups (broad SMARTS) is 1. The average molecular weight is 474 g/mol. The average Bonchev–Trinajstić information content (AvgIpc) is 2.87. The van der Waals surface area contributed by atoms with Crippen LogP contribution in [0.3, 0.4) is 0 Å². The Bertz CT molecular complexity index is 1350. The van der Waals surface area contributed by atoms with E-state index >= 15 is 0 Å². The number of carbonyl (C=O) groups excluding carboxylic acids is 1. The topological polar surface area (TPSA) is 159 Å². The number of fused-ring (bicyclic) bond motifs is 1. The van der Waals surface area contributed by atoms with Gasteiger partial charge in [-0.15, -0.1) is 0 Å². The fraction of sp³-hybridized carbons (Fsp3) is 0.125. The van der Waals surface area contributed by atoms with Crippen molar-refractivity contribution < 1.29 is 24.5 Å². The summed E-state index contributed by atoms with van der Waals surface area (Å²) in [6.45, 7) is 0.231. The molecule has 2 heterocycles. The third-order valence-corrected chi connectivity index (χ3v) is 4.88. The van der Waals surface area contributed by atoms with E-state index in [0.29, 0.717) is 23.1 Å². The molecule has 5 N–H and O–H groups in total. The van der Waals surface area contributed by atoms with Crippen LogP contribution in [-0.4, -0.2) is 50.3 Å². The second-order valence-electron chi connectivity index (χ2n) is 7.32. The van der Waals surface area contributed by atoms with E-state index in [4.69, 9.17) is 14.9 Å². The van der Waals surface area contributed by atoms with E-state index in [1.54, 1.807) is 24.4 Å². The van der Waals surface area contributed by atoms with Crippen molar-refractivity contribution in [3.8, 4) is 5.75 Å². The molecule has 2 aromatic carbocycles. The molecule has 0 atom stereocenters. The lowest BCUT2D eigenvalue weighted by atomic mass is 10.1. The largest absolute Gasteiger partial charge is 0.488 e. The van der Waals surface area contributed by atoms with Crippen LogP contribution in [0.2, 0.25) is 0 Å². The molecule has 2 aromatic heterocycles. The number of nitrogens with zero attached hydrogens (tertiary/aromatic N) is 3. The molecule has 11 nitrogen and oxygen atoms in total. The number of aliphatic hydroxyl groups excluding tert-OH is 1. The maximum absolute atomic E-state index is 11.9. The smallest absolute Gasteiger partial charge is 0.409 e. The Labute approximate surface area is 199 Å². The lowest BCUT2D eigenvalue weighted by molar-refractivity contribution is 0.0939. The number of carbonyl (C=O) groups is 2. The summed E-state index contributed by atoms with van der Waals surface area (Å²) >= 11 is 0. The maximum atomic E-state index is 11.9. The molecule has 2 amide bonds. The number of aliphatic hydroxyl groups is 1. The van der Waals surface area contributed by atoms with Gasteiger partial charge in [0.15, 0.2) is 0 Å². The van der Waals surface area contributed by atoms with Gasteiger partial charge in [-0.1, -0.05) is 24.3 Å². The minimum atomic E-state index is -1.13. The molecule has 4 rings (SSSR count). The molecule has 0 saturated carbocycles. The quantitative estimate of drug-likeness (QED) is 0.246. The molecule has 0 bridgehead atoms. The predicted octanol–water partition coefficient (Wildman–Crippen LogP) is 3.16. The lowest BCUT2D eigenvalue weighted by Gasteiger charge is -2.13. The standard InChI is InChI=1S/C24H22N6O5/c31-10-9-26-23(32)19-12-28-22(13-27-19)30-21-11-15(7-8-25-21)14-35-20-6-5-18(29-24(33)34)16-3-1-2-4-17(16)20/h1-8,11-13,29,31H,9-10,14H2,(H,26,32)(H,33,34)(H,25,28,30). The van der Waals surface area contributed by atoms with E-state index in [0.717, 1.165) is 16.3 Å². The fourth-order valence-corrected chi connectivity index (χ4v) is 3.32. The van der Waals surface area contributed by atoms with E-state index in [9.17, 15) is 9.59 Å². The van der Waals surface area contributed by atoms with Crippen molar-refractivity contribution >= 4 is 40.1 Å². The Balaban J connectivity index is 1.44. The SMILES string of the molecule is O=C(O)Nc1ccc(OCc2ccnc(Nc3cnc(C(=O)NCCO)cn3)c2)c2ccccc12. The number of pyridine rings is 1. The van der Waals surface area contributed by atoms with Crippen LogP contribution in [0.4, 0.5) is 22.1 Å². The van der Waals surface area contributed by atoms with Gasteiger partial charge in [-0.05, 0) is 29.8 Å². The minimum Gasteiger partial charge on any atom is -0.488 e. The van der Waals surface area contributed by atoms with Crippen LogP contribution in [0.5, 0.6) is 5.75 Å². The highest BCUT2D eigenvalue weighted by molar-refractivity contribution is 6.02. The molecule has 178 valence electrons. The van der Waals surface area contributed by atoms with E-state index in [2.05, 4.69) is 30.9 Å². The molecule has 11 heteroatoms. The molecule has 0 spiro atoms. The van der Waals surface area contributed by atoms with Gasteiger partial charge in [0.25, 0.3) is 5.91 Å². The number of amides is 2. The first-order valence-electron chi connectivity index (χ1n) is 10.6. The van der Waals surface area contributed by atoms with Gasteiger partial charge in [-0.25, -0.2) is 19.7 Å². The second-order valence-corrected chi connectivity index (χ2v) is 7.32. The summed E-state index contributed by atoms with van der Waals surface area (Å²) in [5.41, 5.74) is 1.46. The second kappa shape index (κ2) is 10.9. The van der Waals surface area contributed by atoms with Crippen LogP contribution in [0.1, 0.15) is 16.1 Å². The summed E-state index contributed by atoms with van der Waals surface area (Å²) in [5, 5.41) is 27.3. The highest BCUT2D eigenvalue weighted by atomic mass is 16.5. The molecule has 0 aliphatic rings. The number of benzene rings is 2. The Kier molecular flexibility index (Phi) is 7.28. The van der Waals surface area contributed by atoms with Crippen molar-refractivity contribution in [2.45, 2.75) is 6.61 Å². The maximum Gasteiger partial charge on any atom is 0.409 e. The summed E-state index contributed by atoms with van der Waals surface area (Å²) in [7, 11) is 0. The van der Waals surface area contributed by atoms with Crippen molar-refractivity contribution in [3.05, 3.63) is 78.4 Å². The number of anilines is 3. The van der Waals surface area contributed by atoms with E-state index in [-0.39, 0.29) is 25.5 Å². The number of hydrogen-bond donors (Lipinski definition) is 5. The van der Waals surface area contributed by atoms with Gasteiger partial charge < -0.3 is 25.6 Å².